The number of rotatable bonds is 6. The fourth-order valence-electron chi connectivity index (χ4n) is 4.81. The summed E-state index contributed by atoms with van der Waals surface area (Å²) in [6.45, 7) is 4.54. The van der Waals surface area contributed by atoms with Gasteiger partial charge in [-0.25, -0.2) is 4.98 Å². The van der Waals surface area contributed by atoms with E-state index in [-0.39, 0.29) is 11.8 Å². The van der Waals surface area contributed by atoms with Crippen molar-refractivity contribution < 1.29 is 4.79 Å². The number of nitrogens with one attached hydrogen (secondary N) is 1. The van der Waals surface area contributed by atoms with Crippen molar-refractivity contribution in [1.29, 1.82) is 0 Å². The van der Waals surface area contributed by atoms with Crippen LogP contribution >= 0.6 is 15.9 Å². The minimum absolute atomic E-state index is 0.0252. The molecule has 34 heavy (non-hydrogen) atoms. The summed E-state index contributed by atoms with van der Waals surface area (Å²) in [5.41, 5.74) is 5.28. The number of para-hydroxylation sites is 2. The van der Waals surface area contributed by atoms with Crippen LogP contribution in [0.3, 0.4) is 0 Å². The van der Waals surface area contributed by atoms with Crippen molar-refractivity contribution in [1.82, 2.24) is 14.5 Å². The molecule has 5 nitrogen and oxygen atoms in total. The molecule has 4 aromatic rings. The van der Waals surface area contributed by atoms with Gasteiger partial charge in [-0.1, -0.05) is 53.2 Å². The number of hydrogen-bond acceptors (Lipinski definition) is 3. The van der Waals surface area contributed by atoms with Crippen LogP contribution in [-0.2, 0) is 17.8 Å². The molecule has 1 fully saturated rings. The van der Waals surface area contributed by atoms with E-state index in [1.165, 1.54) is 5.56 Å². The van der Waals surface area contributed by atoms with E-state index >= 15 is 0 Å². The first-order valence-electron chi connectivity index (χ1n) is 11.9. The maximum atomic E-state index is 13.1. The number of amides is 1. The van der Waals surface area contributed by atoms with Gasteiger partial charge in [0.15, 0.2) is 0 Å². The number of nitrogens with zero attached hydrogens (tertiary/aromatic N) is 3. The molecule has 0 radical (unpaired) electrons. The Morgan fingerprint density at radius 1 is 1.09 bits per heavy atom. The zero-order valence-corrected chi connectivity index (χ0v) is 21.0. The lowest BCUT2D eigenvalue weighted by atomic mass is 9.97. The number of carbonyl (C=O) groups is 1. The van der Waals surface area contributed by atoms with Crippen LogP contribution in [0, 0.1) is 5.92 Å². The third-order valence-electron chi connectivity index (χ3n) is 6.54. The summed E-state index contributed by atoms with van der Waals surface area (Å²) in [5.74, 6) is 1.08. The molecule has 1 saturated heterocycles. The molecule has 1 aromatic heterocycles. The second-order valence-corrected chi connectivity index (χ2v) is 9.87. The lowest BCUT2D eigenvalue weighted by Gasteiger charge is -2.31. The molecule has 0 bridgehead atoms. The zero-order valence-electron chi connectivity index (χ0n) is 19.4. The van der Waals surface area contributed by atoms with Crippen LogP contribution in [-0.4, -0.2) is 33.4 Å². The van der Waals surface area contributed by atoms with E-state index in [1.54, 1.807) is 0 Å². The monoisotopic (exact) mass is 516 g/mol. The van der Waals surface area contributed by atoms with E-state index in [4.69, 9.17) is 4.98 Å². The number of halogens is 1. The first-order valence-corrected chi connectivity index (χ1v) is 12.7. The molecule has 1 aliphatic rings. The minimum Gasteiger partial charge on any atom is -0.326 e. The highest BCUT2D eigenvalue weighted by atomic mass is 79.9. The first kappa shape index (κ1) is 22.8. The molecule has 0 spiro atoms. The van der Waals surface area contributed by atoms with Crippen LogP contribution in [0.2, 0.25) is 0 Å². The summed E-state index contributed by atoms with van der Waals surface area (Å²) in [7, 11) is 0. The fourth-order valence-corrected chi connectivity index (χ4v) is 5.20. The van der Waals surface area contributed by atoms with Gasteiger partial charge in [0.25, 0.3) is 0 Å². The molecule has 6 heteroatoms. The molecular formula is C28H29BrN4O. The summed E-state index contributed by atoms with van der Waals surface area (Å²) < 4.78 is 3.27. The van der Waals surface area contributed by atoms with Crippen LogP contribution in [0.1, 0.15) is 31.2 Å². The predicted molar refractivity (Wildman–Crippen MR) is 141 cm³/mol. The Kier molecular flexibility index (Phi) is 6.79. The van der Waals surface area contributed by atoms with Gasteiger partial charge >= 0.3 is 0 Å². The Labute approximate surface area is 208 Å². The number of carbonyl (C=O) groups excluding carboxylic acids is 1. The van der Waals surface area contributed by atoms with Crippen molar-refractivity contribution in [2.24, 2.45) is 5.92 Å². The Bertz CT molecular complexity index is 1310. The maximum absolute atomic E-state index is 13.1. The van der Waals surface area contributed by atoms with Gasteiger partial charge in [-0.05, 0) is 73.8 Å². The zero-order chi connectivity index (χ0) is 23.5. The van der Waals surface area contributed by atoms with Crippen molar-refractivity contribution in [3.63, 3.8) is 0 Å². The smallest absolute Gasteiger partial charge is 0.228 e. The normalized spacial score (nSPS) is 16.6. The van der Waals surface area contributed by atoms with Crippen LogP contribution in [0.4, 0.5) is 5.69 Å². The van der Waals surface area contributed by atoms with Crippen molar-refractivity contribution >= 4 is 38.6 Å². The van der Waals surface area contributed by atoms with Crippen molar-refractivity contribution in [3.05, 3.63) is 88.7 Å². The number of fused-ring (bicyclic) bond motifs is 1. The van der Waals surface area contributed by atoms with Crippen LogP contribution in [0.15, 0.2) is 77.3 Å². The lowest BCUT2D eigenvalue weighted by Crippen LogP contribution is -2.40. The molecule has 1 aliphatic heterocycles. The van der Waals surface area contributed by atoms with Crippen molar-refractivity contribution in [3.8, 4) is 5.69 Å². The van der Waals surface area contributed by atoms with Gasteiger partial charge in [-0.2, -0.15) is 0 Å². The molecule has 0 unspecified atom stereocenters. The van der Waals surface area contributed by atoms with Crippen molar-refractivity contribution in [2.75, 3.05) is 18.4 Å². The van der Waals surface area contributed by atoms with Gasteiger partial charge in [-0.15, -0.1) is 0 Å². The highest BCUT2D eigenvalue weighted by Crippen LogP contribution is 2.26. The Morgan fingerprint density at radius 3 is 2.79 bits per heavy atom. The third-order valence-corrected chi connectivity index (χ3v) is 7.03. The summed E-state index contributed by atoms with van der Waals surface area (Å²) in [6.07, 6.45) is 2.88. The summed E-state index contributed by atoms with van der Waals surface area (Å²) >= 11 is 3.61. The average molecular weight is 517 g/mol. The van der Waals surface area contributed by atoms with Gasteiger partial charge in [0.05, 0.1) is 23.5 Å². The molecule has 174 valence electrons. The molecule has 5 rings (SSSR count). The molecular weight excluding hydrogens is 488 g/mol. The number of aromatic nitrogens is 2. The van der Waals surface area contributed by atoms with Gasteiger partial charge < -0.3 is 5.32 Å². The number of hydrogen-bond donors (Lipinski definition) is 1. The lowest BCUT2D eigenvalue weighted by molar-refractivity contribution is -0.121. The first-order chi connectivity index (χ1) is 16.6. The fraction of sp³-hybridized carbons (Fsp3) is 0.286. The highest BCUT2D eigenvalue weighted by molar-refractivity contribution is 9.10. The molecule has 2 heterocycles. The number of piperidine rings is 1. The maximum Gasteiger partial charge on any atom is 0.228 e. The quantitative estimate of drug-likeness (QED) is 0.331. The van der Waals surface area contributed by atoms with Gasteiger partial charge in [-0.3, -0.25) is 14.3 Å². The molecule has 0 saturated carbocycles. The van der Waals surface area contributed by atoms with Gasteiger partial charge in [0, 0.05) is 22.4 Å². The number of imidazole rings is 1. The second-order valence-electron chi connectivity index (χ2n) is 8.95. The predicted octanol–water partition coefficient (Wildman–Crippen LogP) is 6.20. The van der Waals surface area contributed by atoms with Crippen LogP contribution in [0.25, 0.3) is 16.7 Å². The van der Waals surface area contributed by atoms with Crippen LogP contribution < -0.4 is 5.32 Å². The number of aryl methyl sites for hydroxylation is 1. The Hall–Kier alpha value is -2.96. The molecule has 0 aliphatic carbocycles. The number of benzene rings is 3. The standard InChI is InChI=1S/C28H29BrN4O/c1-2-20-8-5-11-23(16-20)30-28(34)21-9-7-15-32(18-21)19-27-31-25-13-3-4-14-26(25)33(27)24-12-6-10-22(29)17-24/h3-6,8,10-14,16-17,21H,2,7,9,15,18-19H2,1H3,(H,30,34)/t21-/m0/s1. The minimum atomic E-state index is -0.0252. The van der Waals surface area contributed by atoms with E-state index in [2.05, 4.69) is 80.1 Å². The second kappa shape index (κ2) is 10.1. The summed E-state index contributed by atoms with van der Waals surface area (Å²) in [6, 6.07) is 24.7. The van der Waals surface area contributed by atoms with Gasteiger partial charge in [0.1, 0.15) is 5.82 Å². The van der Waals surface area contributed by atoms with E-state index in [0.29, 0.717) is 6.54 Å². The highest BCUT2D eigenvalue weighted by Gasteiger charge is 2.27. The summed E-state index contributed by atoms with van der Waals surface area (Å²) in [5, 5.41) is 3.14. The van der Waals surface area contributed by atoms with E-state index < -0.39 is 0 Å². The average Bonchev–Trinajstić information content (AvgIpc) is 3.22. The van der Waals surface area contributed by atoms with E-state index in [0.717, 1.165) is 65.1 Å². The van der Waals surface area contributed by atoms with Crippen LogP contribution in [0.5, 0.6) is 0 Å². The molecule has 3 aromatic carbocycles. The largest absolute Gasteiger partial charge is 0.326 e. The summed E-state index contributed by atoms with van der Waals surface area (Å²) in [4.78, 5) is 20.4. The molecule has 1 atom stereocenters. The number of anilines is 1. The third kappa shape index (κ3) is 4.93. The molecule has 1 amide bonds. The van der Waals surface area contributed by atoms with E-state index in [9.17, 15) is 4.79 Å². The van der Waals surface area contributed by atoms with E-state index in [1.807, 2.05) is 30.3 Å². The molecule has 1 N–H and O–H groups in total. The Morgan fingerprint density at radius 2 is 1.94 bits per heavy atom. The van der Waals surface area contributed by atoms with Gasteiger partial charge in [0.2, 0.25) is 5.91 Å². The topological polar surface area (TPSA) is 50.2 Å². The van der Waals surface area contributed by atoms with Crippen molar-refractivity contribution in [2.45, 2.75) is 32.7 Å². The number of likely N-dealkylation sites (tertiary alicyclic amines) is 1. The Balaban J connectivity index is 1.36. The SMILES string of the molecule is CCc1cccc(NC(=O)[C@H]2CCCN(Cc3nc4ccccc4n3-c3cccc(Br)c3)C2)c1.